The van der Waals surface area contributed by atoms with Crippen molar-refractivity contribution in [3.8, 4) is 5.75 Å². The lowest BCUT2D eigenvalue weighted by atomic mass is 10.0. The minimum Gasteiger partial charge on any atom is -0.508 e. The van der Waals surface area contributed by atoms with Crippen LogP contribution in [-0.2, 0) is 43.2 Å². The number of fused-ring (bicyclic) bond motifs is 1. The average Bonchev–Trinajstić information content (AvgIpc) is 3.73. The number of aromatic amines is 1. The summed E-state index contributed by atoms with van der Waals surface area (Å²) in [6.07, 6.45) is 3.39. The Morgan fingerprint density at radius 2 is 1.51 bits per heavy atom. The lowest BCUT2D eigenvalue weighted by Crippen LogP contribution is -2.58. The van der Waals surface area contributed by atoms with E-state index in [1.807, 2.05) is 54.6 Å². The van der Waals surface area contributed by atoms with Crippen LogP contribution < -0.4 is 22.1 Å². The number of para-hydroxylation sites is 1. The zero-order valence-corrected chi connectivity index (χ0v) is 27.2. The summed E-state index contributed by atoms with van der Waals surface area (Å²) in [5, 5.41) is 23.5. The summed E-state index contributed by atoms with van der Waals surface area (Å²) < 4.78 is 0. The van der Waals surface area contributed by atoms with Crippen LogP contribution in [0.5, 0.6) is 5.75 Å². The molecule has 1 fully saturated rings. The van der Waals surface area contributed by atoms with Gasteiger partial charge in [0.2, 0.25) is 23.6 Å². The molecule has 0 bridgehead atoms. The van der Waals surface area contributed by atoms with Crippen molar-refractivity contribution < 1.29 is 34.2 Å². The number of carbonyl (C=O) groups excluding carboxylic acids is 4. The molecule has 13 heteroatoms. The fourth-order valence-electron chi connectivity index (χ4n) is 5.83. The molecular weight excluding hydrogens is 628 g/mol. The van der Waals surface area contributed by atoms with E-state index in [0.29, 0.717) is 19.4 Å². The first-order valence-corrected chi connectivity index (χ1v) is 16.0. The number of likely N-dealkylation sites (tertiary alicyclic amines) is 1. The molecule has 0 saturated carbocycles. The number of carbonyl (C=O) groups is 5. The van der Waals surface area contributed by atoms with E-state index in [4.69, 9.17) is 21.4 Å². The summed E-state index contributed by atoms with van der Waals surface area (Å²) in [5.41, 5.74) is 15.2. The molecule has 1 aromatic heterocycles. The molecule has 4 aromatic rings. The Bertz CT molecular complexity index is 1750. The van der Waals surface area contributed by atoms with E-state index in [1.165, 1.54) is 17.0 Å². The van der Waals surface area contributed by atoms with Gasteiger partial charge in [-0.2, -0.15) is 0 Å². The van der Waals surface area contributed by atoms with Gasteiger partial charge in [-0.1, -0.05) is 60.7 Å². The van der Waals surface area contributed by atoms with Crippen LogP contribution in [0.4, 0.5) is 0 Å². The number of hydrogen-bond donors (Lipinski definition) is 7. The third kappa shape index (κ3) is 10.1. The van der Waals surface area contributed by atoms with Gasteiger partial charge < -0.3 is 42.2 Å². The molecular formula is C36H42N6O7. The second kappa shape index (κ2) is 16.9. The molecule has 5 rings (SSSR count). The van der Waals surface area contributed by atoms with Crippen molar-refractivity contribution in [1.29, 1.82) is 0 Å². The standard InChI is InChI=1S/C34H38N6O5.C2H4O2/c35-26(17-22-12-14-24(41)15-13-22)34(45)40-16-6-11-30(40)33(44)39-29(19-23-20-37-27-10-5-4-9-25(23)27)32(43)38-28(31(36)42)18-21-7-2-1-3-8-21;1-2(3)4/h1-5,7-10,12-15,20,26,28-30,37,41H,6,11,16-19,35H2,(H2,36,42)(H,38,43)(H,39,44);1H3,(H,3,4). The number of aromatic hydroxyl groups is 1. The lowest BCUT2D eigenvalue weighted by molar-refractivity contribution is -0.140. The molecule has 9 N–H and O–H groups in total. The Kier molecular flexibility index (Phi) is 12.5. The van der Waals surface area contributed by atoms with Crippen LogP contribution in [0, 0.1) is 0 Å². The van der Waals surface area contributed by atoms with Gasteiger partial charge in [-0.3, -0.25) is 24.0 Å². The first kappa shape index (κ1) is 36.2. The van der Waals surface area contributed by atoms with E-state index in [1.54, 1.807) is 18.3 Å². The fourth-order valence-corrected chi connectivity index (χ4v) is 5.83. The molecule has 4 unspecified atom stereocenters. The number of benzene rings is 3. The molecule has 258 valence electrons. The molecule has 4 atom stereocenters. The molecule has 49 heavy (non-hydrogen) atoms. The largest absolute Gasteiger partial charge is 0.508 e. The Morgan fingerprint density at radius 1 is 0.878 bits per heavy atom. The highest BCUT2D eigenvalue weighted by atomic mass is 16.4. The number of phenolic OH excluding ortho intramolecular Hbond substituents is 1. The van der Waals surface area contributed by atoms with Crippen molar-refractivity contribution in [2.24, 2.45) is 11.5 Å². The van der Waals surface area contributed by atoms with Crippen LogP contribution in [0.15, 0.2) is 85.1 Å². The highest BCUT2D eigenvalue weighted by molar-refractivity contribution is 5.95. The highest BCUT2D eigenvalue weighted by Gasteiger charge is 2.38. The normalized spacial score (nSPS) is 15.7. The smallest absolute Gasteiger partial charge is 0.300 e. The van der Waals surface area contributed by atoms with Gasteiger partial charge in [0.1, 0.15) is 23.9 Å². The number of carboxylic acid groups (broad SMARTS) is 1. The molecule has 0 aliphatic carbocycles. The minimum absolute atomic E-state index is 0.114. The van der Waals surface area contributed by atoms with Gasteiger partial charge >= 0.3 is 0 Å². The summed E-state index contributed by atoms with van der Waals surface area (Å²) in [7, 11) is 0. The molecule has 3 aromatic carbocycles. The van der Waals surface area contributed by atoms with E-state index < -0.39 is 47.9 Å². The number of nitrogens with one attached hydrogen (secondary N) is 3. The molecule has 1 aliphatic rings. The third-order valence-electron chi connectivity index (χ3n) is 8.22. The molecule has 4 amide bonds. The number of nitrogens with two attached hydrogens (primary N) is 2. The molecule has 13 nitrogen and oxygen atoms in total. The predicted molar refractivity (Wildman–Crippen MR) is 183 cm³/mol. The van der Waals surface area contributed by atoms with Crippen LogP contribution in [0.1, 0.15) is 36.5 Å². The van der Waals surface area contributed by atoms with E-state index in [-0.39, 0.29) is 30.9 Å². The number of H-pyrrole nitrogens is 1. The summed E-state index contributed by atoms with van der Waals surface area (Å²) in [6, 6.07) is 19.5. The number of amides is 4. The first-order chi connectivity index (χ1) is 23.4. The number of nitrogens with zero attached hydrogens (tertiary/aromatic N) is 1. The maximum Gasteiger partial charge on any atom is 0.300 e. The highest BCUT2D eigenvalue weighted by Crippen LogP contribution is 2.22. The van der Waals surface area contributed by atoms with E-state index >= 15 is 0 Å². The second-order valence-electron chi connectivity index (χ2n) is 12.0. The fraction of sp³-hybridized carbons (Fsp3) is 0.306. The SMILES string of the molecule is CC(=O)O.NC(=O)C(Cc1ccccc1)NC(=O)C(Cc1c[nH]c2ccccc12)NC(=O)C1CCCN1C(=O)C(N)Cc1ccc(O)cc1. The average molecular weight is 671 g/mol. The number of primary amides is 1. The zero-order chi connectivity index (χ0) is 35.5. The molecule has 2 heterocycles. The van der Waals surface area contributed by atoms with Gasteiger partial charge in [-0.25, -0.2) is 0 Å². The number of phenols is 1. The van der Waals surface area contributed by atoms with Crippen molar-refractivity contribution in [3.63, 3.8) is 0 Å². The van der Waals surface area contributed by atoms with Gasteiger partial charge in [-0.05, 0) is 54.2 Å². The Hall–Kier alpha value is -5.69. The van der Waals surface area contributed by atoms with E-state index in [9.17, 15) is 24.3 Å². The van der Waals surface area contributed by atoms with Gasteiger partial charge in [0.15, 0.2) is 0 Å². The van der Waals surface area contributed by atoms with Crippen molar-refractivity contribution in [1.82, 2.24) is 20.5 Å². The molecule has 1 aliphatic heterocycles. The number of rotatable bonds is 12. The summed E-state index contributed by atoms with van der Waals surface area (Å²) in [5.74, 6) is -2.82. The van der Waals surface area contributed by atoms with E-state index in [0.717, 1.165) is 34.5 Å². The zero-order valence-electron chi connectivity index (χ0n) is 27.2. The summed E-state index contributed by atoms with van der Waals surface area (Å²) in [4.78, 5) is 66.9. The molecule has 0 radical (unpaired) electrons. The lowest BCUT2D eigenvalue weighted by Gasteiger charge is -2.29. The third-order valence-corrected chi connectivity index (χ3v) is 8.22. The molecule has 0 spiro atoms. The van der Waals surface area contributed by atoms with Crippen molar-refractivity contribution >= 4 is 40.5 Å². The number of hydrogen-bond acceptors (Lipinski definition) is 7. The van der Waals surface area contributed by atoms with Crippen LogP contribution in [-0.4, -0.2) is 80.4 Å². The second-order valence-corrected chi connectivity index (χ2v) is 12.0. The quantitative estimate of drug-likeness (QED) is 0.117. The monoisotopic (exact) mass is 670 g/mol. The maximum atomic E-state index is 13.7. The van der Waals surface area contributed by atoms with Crippen LogP contribution in [0.25, 0.3) is 10.9 Å². The topological polar surface area (TPSA) is 221 Å². The molecule has 1 saturated heterocycles. The van der Waals surface area contributed by atoms with Gasteiger partial charge in [0, 0.05) is 43.4 Å². The first-order valence-electron chi connectivity index (χ1n) is 16.0. The number of aliphatic carboxylic acids is 1. The predicted octanol–water partition coefficient (Wildman–Crippen LogP) is 1.77. The minimum atomic E-state index is -1.06. The van der Waals surface area contributed by atoms with Gasteiger partial charge in [0.05, 0.1) is 6.04 Å². The number of aromatic nitrogens is 1. The van der Waals surface area contributed by atoms with Crippen LogP contribution in [0.3, 0.4) is 0 Å². The number of carboxylic acids is 1. The van der Waals surface area contributed by atoms with Crippen molar-refractivity contribution in [2.45, 2.75) is 63.2 Å². The van der Waals surface area contributed by atoms with Crippen LogP contribution in [0.2, 0.25) is 0 Å². The van der Waals surface area contributed by atoms with Crippen LogP contribution >= 0.6 is 0 Å². The van der Waals surface area contributed by atoms with E-state index in [2.05, 4.69) is 15.6 Å². The van der Waals surface area contributed by atoms with Gasteiger partial charge in [0.25, 0.3) is 5.97 Å². The Labute approximate surface area is 283 Å². The maximum absolute atomic E-state index is 13.7. The van der Waals surface area contributed by atoms with Crippen molar-refractivity contribution in [3.05, 3.63) is 102 Å². The van der Waals surface area contributed by atoms with Gasteiger partial charge in [-0.15, -0.1) is 0 Å². The Balaban J connectivity index is 0.00000128. The Morgan fingerprint density at radius 3 is 2.18 bits per heavy atom. The summed E-state index contributed by atoms with van der Waals surface area (Å²) in [6.45, 7) is 1.44. The van der Waals surface area contributed by atoms with Crippen molar-refractivity contribution in [2.75, 3.05) is 6.54 Å². The summed E-state index contributed by atoms with van der Waals surface area (Å²) >= 11 is 0.